The van der Waals surface area contributed by atoms with Crippen LogP contribution in [-0.2, 0) is 35.2 Å². The number of nitrogens with zero attached hydrogens (tertiary/aromatic N) is 4. The first kappa shape index (κ1) is 41.4. The first-order chi connectivity index (χ1) is 24.7. The van der Waals surface area contributed by atoms with E-state index in [0.29, 0.717) is 19.3 Å². The predicted molar refractivity (Wildman–Crippen MR) is 191 cm³/mol. The van der Waals surface area contributed by atoms with Crippen LogP contribution in [0.25, 0.3) is 0 Å². The Kier molecular flexibility index (Phi) is 16.0. The van der Waals surface area contributed by atoms with Gasteiger partial charge in [0.25, 0.3) is 0 Å². The predicted octanol–water partition coefficient (Wildman–Crippen LogP) is -4.15. The van der Waals surface area contributed by atoms with E-state index in [4.69, 9.17) is 28.7 Å². The van der Waals surface area contributed by atoms with Crippen molar-refractivity contribution in [2.24, 2.45) is 38.7 Å². The minimum Gasteiger partial charge on any atom is -0.480 e. The number of aliphatic imine (C=N–C) groups is 2. The summed E-state index contributed by atoms with van der Waals surface area (Å²) in [5, 5.41) is 29.3. The van der Waals surface area contributed by atoms with E-state index >= 15 is 0 Å². The van der Waals surface area contributed by atoms with Gasteiger partial charge in [-0.05, 0) is 50.0 Å². The Morgan fingerprint density at radius 3 is 2.23 bits per heavy atom. The summed E-state index contributed by atoms with van der Waals surface area (Å²) in [7, 11) is 0. The molecule has 6 atom stereocenters. The number of carboxylic acid groups (broad SMARTS) is 1. The van der Waals surface area contributed by atoms with Gasteiger partial charge in [-0.3, -0.25) is 34.0 Å². The van der Waals surface area contributed by atoms with Gasteiger partial charge in [0.15, 0.2) is 11.9 Å². The Labute approximate surface area is 304 Å². The zero-order valence-electron chi connectivity index (χ0n) is 28.8. The number of guanidine groups is 2. The summed E-state index contributed by atoms with van der Waals surface area (Å²) in [5.74, 6) is -4.62. The van der Waals surface area contributed by atoms with Crippen LogP contribution in [0.2, 0.25) is 0 Å². The van der Waals surface area contributed by atoms with Gasteiger partial charge >= 0.3 is 5.97 Å². The SMILES string of the molecule is NC(N)=NCCC[C@@H](N)C(=O)N[C@@H](CCCN=C(N)N)C(=O)N1CCC[C@H]1C(=O)N1C[C@H](O)C[C@H]1C(=O)NCC(=O)N[C@@H](Cc1cccs1)C(=O)O. The third-order valence-electron chi connectivity index (χ3n) is 8.59. The Bertz CT molecular complexity index is 1470. The zero-order valence-corrected chi connectivity index (χ0v) is 29.6. The molecule has 3 heterocycles. The van der Waals surface area contributed by atoms with Crippen LogP contribution in [0.4, 0.5) is 0 Å². The second kappa shape index (κ2) is 20.1. The highest BCUT2D eigenvalue weighted by atomic mass is 32.1. The zero-order chi connectivity index (χ0) is 38.4. The number of hydrogen-bond acceptors (Lipinski definition) is 11. The highest BCUT2D eigenvalue weighted by Gasteiger charge is 2.45. The van der Waals surface area contributed by atoms with Crippen molar-refractivity contribution < 1.29 is 39.0 Å². The molecule has 20 nitrogen and oxygen atoms in total. The number of rotatable bonds is 19. The molecule has 0 spiro atoms. The summed E-state index contributed by atoms with van der Waals surface area (Å²) < 4.78 is 0. The summed E-state index contributed by atoms with van der Waals surface area (Å²) in [4.78, 5) is 89.5. The molecule has 3 rings (SSSR count). The van der Waals surface area contributed by atoms with Crippen LogP contribution in [0.3, 0.4) is 0 Å². The quantitative estimate of drug-likeness (QED) is 0.0365. The number of aliphatic hydroxyl groups is 1. The number of β-amino-alcohol motifs (C(OH)–C–C–N with tert-alkyl or cyclic N) is 1. The number of nitrogens with two attached hydrogens (primary N) is 5. The molecular weight excluding hydrogens is 700 g/mol. The molecule has 2 saturated heterocycles. The second-order valence-corrected chi connectivity index (χ2v) is 13.6. The molecule has 2 aliphatic rings. The van der Waals surface area contributed by atoms with Crippen molar-refractivity contribution in [3.63, 3.8) is 0 Å². The number of carbonyl (C=O) groups is 6. The molecule has 0 aliphatic carbocycles. The summed E-state index contributed by atoms with van der Waals surface area (Å²) >= 11 is 1.34. The van der Waals surface area contributed by atoms with Gasteiger partial charge in [0.2, 0.25) is 29.5 Å². The highest BCUT2D eigenvalue weighted by Crippen LogP contribution is 2.26. The molecule has 2 fully saturated rings. The van der Waals surface area contributed by atoms with Gasteiger partial charge in [0.1, 0.15) is 24.2 Å². The van der Waals surface area contributed by atoms with Crippen molar-refractivity contribution in [3.05, 3.63) is 22.4 Å². The van der Waals surface area contributed by atoms with E-state index in [2.05, 4.69) is 25.9 Å². The van der Waals surface area contributed by atoms with Crippen molar-refractivity contribution in [1.82, 2.24) is 25.8 Å². The van der Waals surface area contributed by atoms with Crippen LogP contribution in [0, 0.1) is 0 Å². The molecule has 1 aromatic heterocycles. The molecule has 21 heteroatoms. The van der Waals surface area contributed by atoms with Crippen LogP contribution < -0.4 is 44.6 Å². The molecule has 15 N–H and O–H groups in total. The van der Waals surface area contributed by atoms with Crippen LogP contribution >= 0.6 is 11.3 Å². The molecule has 5 amide bonds. The minimum atomic E-state index is -1.24. The fourth-order valence-corrected chi connectivity index (χ4v) is 6.79. The van der Waals surface area contributed by atoms with Gasteiger partial charge < -0.3 is 64.6 Å². The average Bonchev–Trinajstić information content (AvgIpc) is 3.87. The molecule has 0 unspecified atom stereocenters. The van der Waals surface area contributed by atoms with E-state index in [1.54, 1.807) is 17.5 Å². The van der Waals surface area contributed by atoms with Crippen LogP contribution in [-0.4, -0.2) is 136 Å². The third-order valence-corrected chi connectivity index (χ3v) is 9.49. The number of aliphatic hydroxyl groups excluding tert-OH is 1. The van der Waals surface area contributed by atoms with Crippen molar-refractivity contribution in [2.45, 2.75) is 87.7 Å². The topological polar surface area (TPSA) is 340 Å². The first-order valence-corrected chi connectivity index (χ1v) is 17.8. The van der Waals surface area contributed by atoms with Gasteiger partial charge in [-0.1, -0.05) is 6.07 Å². The molecular formula is C31H50N12O8S. The van der Waals surface area contributed by atoms with Gasteiger partial charge in [-0.2, -0.15) is 0 Å². The van der Waals surface area contributed by atoms with Crippen LogP contribution in [0.5, 0.6) is 0 Å². The van der Waals surface area contributed by atoms with Gasteiger partial charge in [0.05, 0.1) is 18.7 Å². The van der Waals surface area contributed by atoms with E-state index in [1.807, 2.05) is 0 Å². The van der Waals surface area contributed by atoms with E-state index in [0.717, 1.165) is 4.88 Å². The maximum atomic E-state index is 13.9. The second-order valence-electron chi connectivity index (χ2n) is 12.6. The highest BCUT2D eigenvalue weighted by molar-refractivity contribution is 7.09. The lowest BCUT2D eigenvalue weighted by molar-refractivity contribution is -0.148. The van der Waals surface area contributed by atoms with E-state index in [1.165, 1.54) is 21.1 Å². The molecule has 0 aromatic carbocycles. The Balaban J connectivity index is 1.66. The third kappa shape index (κ3) is 12.6. The van der Waals surface area contributed by atoms with Crippen molar-refractivity contribution in [3.8, 4) is 0 Å². The van der Waals surface area contributed by atoms with Gasteiger partial charge in [0, 0.05) is 43.9 Å². The average molecular weight is 751 g/mol. The summed E-state index contributed by atoms with van der Waals surface area (Å²) in [5.41, 5.74) is 27.6. The molecule has 0 bridgehead atoms. The number of carboxylic acids is 1. The maximum Gasteiger partial charge on any atom is 0.326 e. The molecule has 0 saturated carbocycles. The van der Waals surface area contributed by atoms with Crippen LogP contribution in [0.1, 0.15) is 49.8 Å². The summed E-state index contributed by atoms with van der Waals surface area (Å²) in [6.07, 6.45) is 0.740. The smallest absolute Gasteiger partial charge is 0.326 e. The molecule has 2 aliphatic heterocycles. The number of carbonyl (C=O) groups excluding carboxylic acids is 5. The molecule has 288 valence electrons. The number of nitrogens with one attached hydrogen (secondary N) is 3. The van der Waals surface area contributed by atoms with Gasteiger partial charge in [-0.25, -0.2) is 4.79 Å². The van der Waals surface area contributed by atoms with Gasteiger partial charge in [-0.15, -0.1) is 11.3 Å². The van der Waals surface area contributed by atoms with Crippen molar-refractivity contribution in [1.29, 1.82) is 0 Å². The Morgan fingerprint density at radius 2 is 1.62 bits per heavy atom. The molecule has 0 radical (unpaired) electrons. The van der Waals surface area contributed by atoms with E-state index in [-0.39, 0.29) is 70.2 Å². The molecule has 1 aromatic rings. The molecule has 52 heavy (non-hydrogen) atoms. The Morgan fingerprint density at radius 1 is 0.942 bits per heavy atom. The Hall–Kier alpha value is -5.02. The van der Waals surface area contributed by atoms with Crippen molar-refractivity contribution >= 4 is 58.8 Å². The standard InChI is InChI=1S/C31H50N12O8S/c32-19(6-1-9-37-30(33)34)25(46)41-20(7-2-10-38-31(35)36)27(48)42-11-3-8-22(42)28(49)43-16-17(44)13-23(43)26(47)39-15-24(45)40-21(29(50)51)14-18-5-4-12-52-18/h4-5,12,17,19-23,44H,1-3,6-11,13-16,32H2,(H,39,47)(H,40,45)(H,41,46)(H,50,51)(H4,33,34,37)(H4,35,36,38)/t17-,19-,20+,21+,22+,23+/m1/s1. The normalized spacial score (nSPS) is 19.9. The van der Waals surface area contributed by atoms with E-state index < -0.39 is 78.4 Å². The maximum absolute atomic E-state index is 13.9. The lowest BCUT2D eigenvalue weighted by Gasteiger charge is -2.33. The lowest BCUT2D eigenvalue weighted by Crippen LogP contribution is -2.57. The van der Waals surface area contributed by atoms with Crippen LogP contribution in [0.15, 0.2) is 27.5 Å². The first-order valence-electron chi connectivity index (χ1n) is 17.0. The fourth-order valence-electron chi connectivity index (χ4n) is 6.04. The largest absolute Gasteiger partial charge is 0.480 e. The number of hydrogen-bond donors (Lipinski definition) is 10. The minimum absolute atomic E-state index is 0.0642. The fraction of sp³-hybridized carbons (Fsp3) is 0.613. The number of aliphatic carboxylic acids is 1. The van der Waals surface area contributed by atoms with Crippen molar-refractivity contribution in [2.75, 3.05) is 32.7 Å². The number of likely N-dealkylation sites (tertiary alicyclic amines) is 2. The summed E-state index contributed by atoms with van der Waals surface area (Å²) in [6.45, 7) is -0.102. The van der Waals surface area contributed by atoms with E-state index in [9.17, 15) is 39.0 Å². The lowest BCUT2D eigenvalue weighted by atomic mass is 10.1. The monoisotopic (exact) mass is 750 g/mol. The number of amides is 5. The number of thiophene rings is 1. The summed E-state index contributed by atoms with van der Waals surface area (Å²) in [6, 6.07) is -1.90.